The van der Waals surface area contributed by atoms with Crippen molar-refractivity contribution in [3.05, 3.63) is 0 Å². The lowest BCUT2D eigenvalue weighted by Gasteiger charge is -2.27. The standard InChI is InChI=1S/C10H16N6O2/c1-6(17)13-9-7(11)8(12)14-10(15-9)16-2-4-18-5-3-16/h2-5,11H2,1H3,(H3,12,13,14,15,17). The second-order valence-corrected chi connectivity index (χ2v) is 3.95. The number of carbonyl (C=O) groups excluding carboxylic acids is 1. The Hall–Kier alpha value is -2.09. The topological polar surface area (TPSA) is 119 Å². The van der Waals surface area contributed by atoms with Crippen molar-refractivity contribution in [2.45, 2.75) is 6.92 Å². The van der Waals surface area contributed by atoms with Crippen LogP contribution in [0.4, 0.5) is 23.3 Å². The molecule has 18 heavy (non-hydrogen) atoms. The van der Waals surface area contributed by atoms with E-state index < -0.39 is 0 Å². The molecule has 2 rings (SSSR count). The number of ether oxygens (including phenoxy) is 1. The molecule has 0 bridgehead atoms. The lowest BCUT2D eigenvalue weighted by atomic mass is 10.4. The van der Waals surface area contributed by atoms with Gasteiger partial charge in [0.1, 0.15) is 5.69 Å². The Morgan fingerprint density at radius 1 is 1.33 bits per heavy atom. The Morgan fingerprint density at radius 3 is 2.61 bits per heavy atom. The van der Waals surface area contributed by atoms with Crippen LogP contribution in [0.5, 0.6) is 0 Å². The molecular weight excluding hydrogens is 236 g/mol. The largest absolute Gasteiger partial charge is 0.393 e. The summed E-state index contributed by atoms with van der Waals surface area (Å²) >= 11 is 0. The van der Waals surface area contributed by atoms with Crippen molar-refractivity contribution in [2.24, 2.45) is 0 Å². The van der Waals surface area contributed by atoms with Gasteiger partial charge in [0.2, 0.25) is 11.9 Å². The second-order valence-electron chi connectivity index (χ2n) is 3.95. The van der Waals surface area contributed by atoms with E-state index in [4.69, 9.17) is 16.2 Å². The first-order chi connectivity index (χ1) is 8.58. The van der Waals surface area contributed by atoms with Gasteiger partial charge in [-0.05, 0) is 0 Å². The molecule has 0 aromatic carbocycles. The average molecular weight is 252 g/mol. The number of carbonyl (C=O) groups is 1. The van der Waals surface area contributed by atoms with Crippen LogP contribution in [-0.2, 0) is 9.53 Å². The van der Waals surface area contributed by atoms with Gasteiger partial charge in [0.25, 0.3) is 0 Å². The van der Waals surface area contributed by atoms with Crippen LogP contribution in [0.15, 0.2) is 0 Å². The van der Waals surface area contributed by atoms with Gasteiger partial charge in [-0.3, -0.25) is 4.79 Å². The molecule has 1 fully saturated rings. The van der Waals surface area contributed by atoms with Crippen molar-refractivity contribution in [1.82, 2.24) is 9.97 Å². The predicted molar refractivity (Wildman–Crippen MR) is 68.2 cm³/mol. The molecule has 1 saturated heterocycles. The zero-order valence-corrected chi connectivity index (χ0v) is 10.1. The second kappa shape index (κ2) is 5.05. The average Bonchev–Trinajstić information content (AvgIpc) is 2.35. The van der Waals surface area contributed by atoms with Crippen molar-refractivity contribution >= 4 is 29.2 Å². The van der Waals surface area contributed by atoms with Crippen molar-refractivity contribution in [2.75, 3.05) is 48.0 Å². The van der Waals surface area contributed by atoms with E-state index in [9.17, 15) is 4.79 Å². The number of nitrogens with zero attached hydrogens (tertiary/aromatic N) is 3. The van der Waals surface area contributed by atoms with Crippen LogP contribution < -0.4 is 21.7 Å². The molecular formula is C10H16N6O2. The molecule has 2 heterocycles. The lowest BCUT2D eigenvalue weighted by Crippen LogP contribution is -2.37. The first kappa shape index (κ1) is 12.4. The summed E-state index contributed by atoms with van der Waals surface area (Å²) < 4.78 is 5.25. The first-order valence-corrected chi connectivity index (χ1v) is 5.61. The van der Waals surface area contributed by atoms with Gasteiger partial charge in [0.05, 0.1) is 13.2 Å². The summed E-state index contributed by atoms with van der Waals surface area (Å²) in [5.74, 6) is 0.605. The fraction of sp³-hybridized carbons (Fsp3) is 0.500. The van der Waals surface area contributed by atoms with Gasteiger partial charge in [-0.25, -0.2) is 0 Å². The van der Waals surface area contributed by atoms with Crippen LogP contribution in [0, 0.1) is 0 Å². The fourth-order valence-corrected chi connectivity index (χ4v) is 1.64. The zero-order valence-electron chi connectivity index (χ0n) is 10.1. The molecule has 5 N–H and O–H groups in total. The lowest BCUT2D eigenvalue weighted by molar-refractivity contribution is -0.114. The van der Waals surface area contributed by atoms with E-state index in [2.05, 4.69) is 15.3 Å². The molecule has 0 spiro atoms. The third-order valence-electron chi connectivity index (χ3n) is 2.55. The van der Waals surface area contributed by atoms with E-state index >= 15 is 0 Å². The van der Waals surface area contributed by atoms with Crippen molar-refractivity contribution in [3.8, 4) is 0 Å². The van der Waals surface area contributed by atoms with E-state index in [0.717, 1.165) is 0 Å². The molecule has 8 nitrogen and oxygen atoms in total. The third-order valence-corrected chi connectivity index (χ3v) is 2.55. The van der Waals surface area contributed by atoms with Gasteiger partial charge in [0, 0.05) is 20.0 Å². The Labute approximate surface area is 104 Å². The molecule has 1 aromatic heterocycles. The number of anilines is 4. The highest BCUT2D eigenvalue weighted by Crippen LogP contribution is 2.24. The highest BCUT2D eigenvalue weighted by molar-refractivity contribution is 5.92. The van der Waals surface area contributed by atoms with E-state index in [-0.39, 0.29) is 23.2 Å². The maximum atomic E-state index is 11.1. The maximum absolute atomic E-state index is 11.1. The molecule has 8 heteroatoms. The summed E-state index contributed by atoms with van der Waals surface area (Å²) in [4.78, 5) is 21.3. The number of nitrogen functional groups attached to an aromatic ring is 2. The minimum absolute atomic E-state index is 0.162. The molecule has 0 atom stereocenters. The van der Waals surface area contributed by atoms with Crippen LogP contribution in [0.3, 0.4) is 0 Å². The van der Waals surface area contributed by atoms with Crippen LogP contribution in [0.1, 0.15) is 6.92 Å². The predicted octanol–water partition coefficient (Wildman–Crippen LogP) is -0.564. The Morgan fingerprint density at radius 2 is 2.00 bits per heavy atom. The SMILES string of the molecule is CC(=O)Nc1nc(N2CCOCC2)nc(N)c1N. The normalized spacial score (nSPS) is 15.5. The van der Waals surface area contributed by atoms with Crippen LogP contribution in [0.25, 0.3) is 0 Å². The van der Waals surface area contributed by atoms with Crippen LogP contribution in [-0.4, -0.2) is 42.2 Å². The molecule has 0 aliphatic carbocycles. The molecule has 0 saturated carbocycles. The highest BCUT2D eigenvalue weighted by atomic mass is 16.5. The molecule has 0 radical (unpaired) electrons. The molecule has 1 aliphatic rings. The molecule has 0 unspecified atom stereocenters. The minimum atomic E-state index is -0.257. The van der Waals surface area contributed by atoms with Crippen molar-refractivity contribution in [1.29, 1.82) is 0 Å². The van der Waals surface area contributed by atoms with E-state index in [0.29, 0.717) is 32.3 Å². The van der Waals surface area contributed by atoms with Gasteiger partial charge in [0.15, 0.2) is 11.6 Å². The molecule has 1 aromatic rings. The molecule has 1 aliphatic heterocycles. The summed E-state index contributed by atoms with van der Waals surface area (Å²) in [6.07, 6.45) is 0. The van der Waals surface area contributed by atoms with E-state index in [1.165, 1.54) is 6.92 Å². The van der Waals surface area contributed by atoms with Crippen LogP contribution in [0.2, 0.25) is 0 Å². The number of aromatic nitrogens is 2. The Kier molecular flexibility index (Phi) is 3.47. The van der Waals surface area contributed by atoms with E-state index in [1.54, 1.807) is 0 Å². The number of hydrogen-bond donors (Lipinski definition) is 3. The summed E-state index contributed by atoms with van der Waals surface area (Å²) in [7, 11) is 0. The summed E-state index contributed by atoms with van der Waals surface area (Å²) in [6, 6.07) is 0. The van der Waals surface area contributed by atoms with Crippen molar-refractivity contribution in [3.63, 3.8) is 0 Å². The number of rotatable bonds is 2. The smallest absolute Gasteiger partial charge is 0.229 e. The van der Waals surface area contributed by atoms with Gasteiger partial charge < -0.3 is 26.4 Å². The molecule has 98 valence electrons. The summed E-state index contributed by atoms with van der Waals surface area (Å²) in [5, 5.41) is 2.54. The van der Waals surface area contributed by atoms with E-state index in [1.807, 2.05) is 4.90 Å². The monoisotopic (exact) mass is 252 g/mol. The minimum Gasteiger partial charge on any atom is -0.393 e. The molecule has 1 amide bonds. The van der Waals surface area contributed by atoms with Gasteiger partial charge in [-0.15, -0.1) is 0 Å². The van der Waals surface area contributed by atoms with Crippen LogP contribution >= 0.6 is 0 Å². The maximum Gasteiger partial charge on any atom is 0.229 e. The van der Waals surface area contributed by atoms with Gasteiger partial charge in [-0.1, -0.05) is 0 Å². The number of hydrogen-bond acceptors (Lipinski definition) is 7. The summed E-state index contributed by atoms with van der Waals surface area (Å²) in [6.45, 7) is 3.98. The summed E-state index contributed by atoms with van der Waals surface area (Å²) in [5.41, 5.74) is 11.6. The number of morpholine rings is 1. The number of amides is 1. The number of nitrogens with one attached hydrogen (secondary N) is 1. The zero-order chi connectivity index (χ0) is 13.1. The number of nitrogens with two attached hydrogens (primary N) is 2. The van der Waals surface area contributed by atoms with Gasteiger partial charge in [-0.2, -0.15) is 9.97 Å². The third kappa shape index (κ3) is 2.59. The quantitative estimate of drug-likeness (QED) is 0.645. The Bertz CT molecular complexity index is 458. The highest BCUT2D eigenvalue weighted by Gasteiger charge is 2.17. The first-order valence-electron chi connectivity index (χ1n) is 5.61. The van der Waals surface area contributed by atoms with Crippen molar-refractivity contribution < 1.29 is 9.53 Å². The fourth-order valence-electron chi connectivity index (χ4n) is 1.64. The Balaban J connectivity index is 2.30. The van der Waals surface area contributed by atoms with Gasteiger partial charge >= 0.3 is 0 Å².